The molecule has 1 saturated heterocycles. The molecule has 110 valence electrons. The van der Waals surface area contributed by atoms with Crippen molar-refractivity contribution < 1.29 is 14.3 Å². The Hall–Kier alpha value is -1.10. The first-order valence-corrected chi connectivity index (χ1v) is 6.92. The van der Waals surface area contributed by atoms with E-state index in [9.17, 15) is 9.59 Å². The summed E-state index contributed by atoms with van der Waals surface area (Å²) in [7, 11) is 1.59. The zero-order valence-electron chi connectivity index (χ0n) is 12.5. The quantitative estimate of drug-likeness (QED) is 0.834. The van der Waals surface area contributed by atoms with E-state index in [-0.39, 0.29) is 23.3 Å². The van der Waals surface area contributed by atoms with Crippen molar-refractivity contribution in [2.24, 2.45) is 5.41 Å². The van der Waals surface area contributed by atoms with Gasteiger partial charge in [-0.2, -0.15) is 0 Å². The molecule has 0 bridgehead atoms. The number of ether oxygens (including phenoxy) is 1. The molecule has 0 radical (unpaired) electrons. The van der Waals surface area contributed by atoms with Crippen LogP contribution in [0.25, 0.3) is 0 Å². The van der Waals surface area contributed by atoms with Gasteiger partial charge in [-0.1, -0.05) is 20.8 Å². The summed E-state index contributed by atoms with van der Waals surface area (Å²) in [6.07, 6.45) is 2.07. The fourth-order valence-electron chi connectivity index (χ4n) is 2.20. The fourth-order valence-corrected chi connectivity index (χ4v) is 2.20. The van der Waals surface area contributed by atoms with Crippen molar-refractivity contribution in [1.29, 1.82) is 0 Å². The van der Waals surface area contributed by atoms with Crippen LogP contribution >= 0.6 is 0 Å². The Bertz CT molecular complexity index is 315. The van der Waals surface area contributed by atoms with Gasteiger partial charge in [0.15, 0.2) is 0 Å². The van der Waals surface area contributed by atoms with E-state index < -0.39 is 0 Å². The molecule has 0 atom stereocenters. The molecule has 1 aliphatic rings. The van der Waals surface area contributed by atoms with E-state index in [1.807, 2.05) is 25.7 Å². The van der Waals surface area contributed by atoms with Crippen LogP contribution in [0.4, 0.5) is 0 Å². The minimum Gasteiger partial charge on any atom is -0.384 e. The minimum atomic E-state index is -0.325. The summed E-state index contributed by atoms with van der Waals surface area (Å²) in [5, 5.41) is 2.99. The van der Waals surface area contributed by atoms with Crippen LogP contribution in [0.2, 0.25) is 0 Å². The number of carbonyl (C=O) groups is 2. The van der Waals surface area contributed by atoms with Gasteiger partial charge in [-0.25, -0.2) is 0 Å². The zero-order valence-corrected chi connectivity index (χ0v) is 12.5. The molecule has 1 rings (SSSR count). The van der Waals surface area contributed by atoms with Gasteiger partial charge in [0.05, 0.1) is 6.61 Å². The predicted molar refractivity (Wildman–Crippen MR) is 73.7 cm³/mol. The third kappa shape index (κ3) is 5.19. The highest BCUT2D eigenvalue weighted by Crippen LogP contribution is 2.20. The highest BCUT2D eigenvalue weighted by atomic mass is 16.5. The van der Waals surface area contributed by atoms with Gasteiger partial charge in [0.2, 0.25) is 11.8 Å². The van der Waals surface area contributed by atoms with Crippen molar-refractivity contribution >= 4 is 11.8 Å². The van der Waals surface area contributed by atoms with Crippen molar-refractivity contribution in [3.8, 4) is 0 Å². The topological polar surface area (TPSA) is 58.6 Å². The molecule has 1 N–H and O–H groups in total. The van der Waals surface area contributed by atoms with E-state index in [4.69, 9.17) is 4.74 Å². The molecule has 0 saturated carbocycles. The lowest BCUT2D eigenvalue weighted by Crippen LogP contribution is -2.49. The molecular formula is C14H26N2O3. The molecule has 5 heteroatoms. The van der Waals surface area contributed by atoms with Crippen LogP contribution < -0.4 is 5.32 Å². The fraction of sp³-hybridized carbons (Fsp3) is 0.857. The Morgan fingerprint density at radius 2 is 1.84 bits per heavy atom. The van der Waals surface area contributed by atoms with Crippen molar-refractivity contribution in [3.05, 3.63) is 0 Å². The van der Waals surface area contributed by atoms with Gasteiger partial charge in [0.1, 0.15) is 0 Å². The normalized spacial score (nSPS) is 17.4. The average Bonchev–Trinajstić information content (AvgIpc) is 2.35. The van der Waals surface area contributed by atoms with Crippen molar-refractivity contribution in [2.75, 3.05) is 26.8 Å². The summed E-state index contributed by atoms with van der Waals surface area (Å²) >= 11 is 0. The number of likely N-dealkylation sites (tertiary alicyclic amines) is 1. The molecule has 0 aromatic rings. The summed E-state index contributed by atoms with van der Waals surface area (Å²) in [6, 6.07) is 0.188. The lowest BCUT2D eigenvalue weighted by molar-refractivity contribution is -0.140. The highest BCUT2D eigenvalue weighted by Gasteiger charge is 2.30. The van der Waals surface area contributed by atoms with Crippen LogP contribution in [0.5, 0.6) is 0 Å². The number of amides is 2. The maximum atomic E-state index is 12.1. The van der Waals surface area contributed by atoms with E-state index in [1.54, 1.807) is 7.11 Å². The second kappa shape index (κ2) is 6.89. The molecule has 19 heavy (non-hydrogen) atoms. The number of nitrogens with one attached hydrogen (secondary N) is 1. The Balaban J connectivity index is 2.33. The third-order valence-corrected chi connectivity index (χ3v) is 3.32. The number of hydrogen-bond donors (Lipinski definition) is 1. The van der Waals surface area contributed by atoms with Gasteiger partial charge in [0.25, 0.3) is 0 Å². The second-order valence-electron chi connectivity index (χ2n) is 6.13. The van der Waals surface area contributed by atoms with Crippen LogP contribution in [0.3, 0.4) is 0 Å². The summed E-state index contributed by atoms with van der Waals surface area (Å²) in [4.78, 5) is 25.6. The van der Waals surface area contributed by atoms with Gasteiger partial charge >= 0.3 is 0 Å². The Morgan fingerprint density at radius 3 is 2.32 bits per heavy atom. The van der Waals surface area contributed by atoms with Crippen molar-refractivity contribution in [3.63, 3.8) is 0 Å². The molecule has 0 spiro atoms. The number of piperidine rings is 1. The van der Waals surface area contributed by atoms with Crippen LogP contribution in [0, 0.1) is 5.41 Å². The maximum absolute atomic E-state index is 12.1. The van der Waals surface area contributed by atoms with E-state index in [1.165, 1.54) is 0 Å². The standard InChI is InChI=1S/C14H26N2O3/c1-14(2,3)13(18)16-8-5-11(6-9-16)15-12(17)7-10-19-4/h11H,5-10H2,1-4H3,(H,15,17). The third-order valence-electron chi connectivity index (χ3n) is 3.32. The van der Waals surface area contributed by atoms with Gasteiger partial charge in [-0.15, -0.1) is 0 Å². The van der Waals surface area contributed by atoms with Crippen molar-refractivity contribution in [2.45, 2.75) is 46.1 Å². The predicted octanol–water partition coefficient (Wildman–Crippen LogP) is 1.18. The number of carbonyl (C=O) groups excluding carboxylic acids is 2. The first kappa shape index (κ1) is 16.0. The second-order valence-corrected chi connectivity index (χ2v) is 6.13. The number of hydrogen-bond acceptors (Lipinski definition) is 3. The van der Waals surface area contributed by atoms with Crippen LogP contribution in [-0.4, -0.2) is 49.6 Å². The molecule has 2 amide bonds. The molecule has 1 aliphatic heterocycles. The van der Waals surface area contributed by atoms with Crippen LogP contribution in [0.15, 0.2) is 0 Å². The molecule has 0 aromatic heterocycles. The minimum absolute atomic E-state index is 0.0300. The van der Waals surface area contributed by atoms with Crippen LogP contribution in [0.1, 0.15) is 40.0 Å². The first-order chi connectivity index (χ1) is 8.84. The SMILES string of the molecule is COCCC(=O)NC1CCN(C(=O)C(C)(C)C)CC1. The Morgan fingerprint density at radius 1 is 1.26 bits per heavy atom. The van der Waals surface area contributed by atoms with E-state index in [0.717, 1.165) is 25.9 Å². The number of methoxy groups -OCH3 is 1. The molecule has 0 aromatic carbocycles. The van der Waals surface area contributed by atoms with Crippen LogP contribution in [-0.2, 0) is 14.3 Å². The van der Waals surface area contributed by atoms with E-state index in [2.05, 4.69) is 5.32 Å². The number of nitrogens with zero attached hydrogens (tertiary/aromatic N) is 1. The summed E-state index contributed by atoms with van der Waals surface area (Å²) in [5.41, 5.74) is -0.325. The number of rotatable bonds is 4. The Kier molecular flexibility index (Phi) is 5.79. The highest BCUT2D eigenvalue weighted by molar-refractivity contribution is 5.81. The summed E-state index contributed by atoms with van der Waals surface area (Å²) in [5.74, 6) is 0.221. The summed E-state index contributed by atoms with van der Waals surface area (Å²) in [6.45, 7) is 7.72. The van der Waals surface area contributed by atoms with Gasteiger partial charge in [-0.05, 0) is 12.8 Å². The van der Waals surface area contributed by atoms with Gasteiger partial charge in [0, 0.05) is 38.1 Å². The Labute approximate surface area is 115 Å². The molecule has 0 unspecified atom stereocenters. The maximum Gasteiger partial charge on any atom is 0.227 e. The molecular weight excluding hydrogens is 244 g/mol. The smallest absolute Gasteiger partial charge is 0.227 e. The first-order valence-electron chi connectivity index (χ1n) is 6.92. The zero-order chi connectivity index (χ0) is 14.5. The van der Waals surface area contributed by atoms with Crippen molar-refractivity contribution in [1.82, 2.24) is 10.2 Å². The molecule has 0 aliphatic carbocycles. The molecule has 5 nitrogen and oxygen atoms in total. The van der Waals surface area contributed by atoms with E-state index in [0.29, 0.717) is 13.0 Å². The van der Waals surface area contributed by atoms with Gasteiger partial charge < -0.3 is 15.0 Å². The van der Waals surface area contributed by atoms with E-state index >= 15 is 0 Å². The van der Waals surface area contributed by atoms with Gasteiger partial charge in [-0.3, -0.25) is 9.59 Å². The average molecular weight is 270 g/mol. The largest absolute Gasteiger partial charge is 0.384 e. The summed E-state index contributed by atoms with van der Waals surface area (Å²) < 4.78 is 4.87. The molecule has 1 fully saturated rings. The molecule has 1 heterocycles. The lowest BCUT2D eigenvalue weighted by Gasteiger charge is -2.36. The monoisotopic (exact) mass is 270 g/mol. The lowest BCUT2D eigenvalue weighted by atomic mass is 9.93.